The number of hydrogen-bond acceptors (Lipinski definition) is 4. The molecule has 3 nitrogen and oxygen atoms in total. The van der Waals surface area contributed by atoms with Gasteiger partial charge in [0.25, 0.3) is 0 Å². The Hall–Kier alpha value is -2.07. The second-order valence-corrected chi connectivity index (χ2v) is 5.85. The molecule has 2 aromatic heterocycles. The smallest absolute Gasteiger partial charge is 0.123 e. The van der Waals surface area contributed by atoms with E-state index in [4.69, 9.17) is 0 Å². The Bertz CT molecular complexity index is 701. The van der Waals surface area contributed by atoms with Gasteiger partial charge in [0, 0.05) is 31.7 Å². The molecule has 0 fully saturated rings. The van der Waals surface area contributed by atoms with Gasteiger partial charge in [-0.05, 0) is 35.2 Å². The molecule has 0 spiro atoms. The van der Waals surface area contributed by atoms with Crippen molar-refractivity contribution in [2.75, 3.05) is 24.3 Å². The lowest BCUT2D eigenvalue weighted by atomic mass is 10.2. The normalized spacial score (nSPS) is 10.7. The molecule has 0 aliphatic carbocycles. The summed E-state index contributed by atoms with van der Waals surface area (Å²) in [6, 6.07) is 12.8. The van der Waals surface area contributed by atoms with Crippen molar-refractivity contribution in [3.63, 3.8) is 0 Å². The molecule has 0 aliphatic heterocycles. The molecular weight excluding hydrogens is 266 g/mol. The molecule has 0 unspecified atom stereocenters. The van der Waals surface area contributed by atoms with E-state index in [9.17, 15) is 0 Å². The highest BCUT2D eigenvalue weighted by molar-refractivity contribution is 7.16. The minimum atomic E-state index is 0.811. The van der Waals surface area contributed by atoms with Gasteiger partial charge in [-0.1, -0.05) is 12.1 Å². The van der Waals surface area contributed by atoms with E-state index in [1.807, 2.05) is 6.20 Å². The third-order valence-electron chi connectivity index (χ3n) is 3.26. The molecule has 102 valence electrons. The number of fused-ring (bicyclic) bond motifs is 1. The van der Waals surface area contributed by atoms with Gasteiger partial charge in [-0.15, -0.1) is 11.3 Å². The fraction of sp³-hybridized carbons (Fsp3) is 0.188. The number of thiophene rings is 1. The van der Waals surface area contributed by atoms with Crippen LogP contribution in [0.2, 0.25) is 0 Å². The Morgan fingerprint density at radius 3 is 2.70 bits per heavy atom. The van der Waals surface area contributed by atoms with E-state index in [0.29, 0.717) is 0 Å². The molecule has 0 aliphatic rings. The maximum atomic E-state index is 4.44. The van der Waals surface area contributed by atoms with Crippen LogP contribution in [-0.2, 0) is 6.54 Å². The molecule has 3 rings (SSSR count). The number of nitrogens with zero attached hydrogens (tertiary/aromatic N) is 2. The minimum Gasteiger partial charge on any atom is -0.380 e. The van der Waals surface area contributed by atoms with Gasteiger partial charge in [0.1, 0.15) is 4.83 Å². The molecule has 1 N–H and O–H groups in total. The van der Waals surface area contributed by atoms with Gasteiger partial charge in [0.2, 0.25) is 0 Å². The number of pyridine rings is 1. The molecule has 20 heavy (non-hydrogen) atoms. The molecule has 0 atom stereocenters. The van der Waals surface area contributed by atoms with Crippen LogP contribution in [0.25, 0.3) is 10.2 Å². The number of rotatable bonds is 4. The lowest BCUT2D eigenvalue weighted by Gasteiger charge is -2.13. The lowest BCUT2D eigenvalue weighted by Crippen LogP contribution is -2.08. The maximum Gasteiger partial charge on any atom is 0.123 e. The number of anilines is 2. The molecule has 0 bridgehead atoms. The summed E-state index contributed by atoms with van der Waals surface area (Å²) in [4.78, 5) is 7.63. The highest BCUT2D eigenvalue weighted by Crippen LogP contribution is 2.21. The highest BCUT2D eigenvalue weighted by Gasteiger charge is 2.00. The van der Waals surface area contributed by atoms with E-state index >= 15 is 0 Å². The zero-order valence-corrected chi connectivity index (χ0v) is 12.4. The largest absolute Gasteiger partial charge is 0.380 e. The van der Waals surface area contributed by atoms with Crippen LogP contribution in [0.3, 0.4) is 0 Å². The number of hydrogen-bond donors (Lipinski definition) is 1. The summed E-state index contributed by atoms with van der Waals surface area (Å²) < 4.78 is 0. The van der Waals surface area contributed by atoms with Gasteiger partial charge in [-0.3, -0.25) is 0 Å². The molecule has 0 radical (unpaired) electrons. The fourth-order valence-corrected chi connectivity index (χ4v) is 2.79. The van der Waals surface area contributed by atoms with Crippen molar-refractivity contribution >= 4 is 32.9 Å². The zero-order valence-electron chi connectivity index (χ0n) is 11.6. The van der Waals surface area contributed by atoms with Crippen LogP contribution < -0.4 is 10.2 Å². The first-order valence-electron chi connectivity index (χ1n) is 6.56. The van der Waals surface area contributed by atoms with E-state index in [0.717, 1.165) is 17.1 Å². The lowest BCUT2D eigenvalue weighted by molar-refractivity contribution is 1.11. The third kappa shape index (κ3) is 2.75. The predicted octanol–water partition coefficient (Wildman–Crippen LogP) is 3.97. The second-order valence-electron chi connectivity index (χ2n) is 4.95. The van der Waals surface area contributed by atoms with E-state index in [-0.39, 0.29) is 0 Å². The molecule has 4 heteroatoms. The zero-order chi connectivity index (χ0) is 13.9. The Labute approximate surface area is 122 Å². The Balaban J connectivity index is 1.69. The molecular formula is C16H17N3S. The van der Waals surface area contributed by atoms with E-state index < -0.39 is 0 Å². The van der Waals surface area contributed by atoms with Gasteiger partial charge in [0.15, 0.2) is 0 Å². The first-order chi connectivity index (χ1) is 9.72. The molecule has 0 saturated carbocycles. The van der Waals surface area contributed by atoms with Gasteiger partial charge >= 0.3 is 0 Å². The second kappa shape index (κ2) is 5.51. The predicted molar refractivity (Wildman–Crippen MR) is 87.7 cm³/mol. The molecule has 0 saturated heterocycles. The molecule has 1 aromatic carbocycles. The van der Waals surface area contributed by atoms with Crippen molar-refractivity contribution < 1.29 is 0 Å². The number of aromatic nitrogens is 1. The van der Waals surface area contributed by atoms with Gasteiger partial charge in [-0.25, -0.2) is 4.98 Å². The Morgan fingerprint density at radius 2 is 1.95 bits per heavy atom. The van der Waals surface area contributed by atoms with Gasteiger partial charge < -0.3 is 10.2 Å². The summed E-state index contributed by atoms with van der Waals surface area (Å²) in [7, 11) is 4.10. The van der Waals surface area contributed by atoms with Crippen LogP contribution in [-0.4, -0.2) is 19.1 Å². The van der Waals surface area contributed by atoms with Gasteiger partial charge in [-0.2, -0.15) is 0 Å². The van der Waals surface area contributed by atoms with E-state index in [2.05, 4.69) is 71.1 Å². The quantitative estimate of drug-likeness (QED) is 0.785. The average Bonchev–Trinajstić information content (AvgIpc) is 2.93. The molecule has 3 aromatic rings. The van der Waals surface area contributed by atoms with Crippen molar-refractivity contribution in [2.45, 2.75) is 6.54 Å². The average molecular weight is 283 g/mol. The summed E-state index contributed by atoms with van der Waals surface area (Å²) in [5.74, 6) is 0. The van der Waals surface area contributed by atoms with Gasteiger partial charge in [0.05, 0.1) is 11.9 Å². The Morgan fingerprint density at radius 1 is 1.15 bits per heavy atom. The summed E-state index contributed by atoms with van der Waals surface area (Å²) >= 11 is 1.67. The van der Waals surface area contributed by atoms with Crippen molar-refractivity contribution in [2.24, 2.45) is 0 Å². The standard InChI is InChI=1S/C16H17N3S/c1-19(2)15-5-3-12(4-6-15)10-17-14-9-13-7-8-20-16(13)18-11-14/h3-9,11,17H,10H2,1-2H3. The first-order valence-corrected chi connectivity index (χ1v) is 7.44. The van der Waals surface area contributed by atoms with E-state index in [1.54, 1.807) is 11.3 Å². The van der Waals surface area contributed by atoms with Crippen LogP contribution in [0.1, 0.15) is 5.56 Å². The highest BCUT2D eigenvalue weighted by atomic mass is 32.1. The summed E-state index contributed by atoms with van der Waals surface area (Å²) in [6.07, 6.45) is 1.90. The fourth-order valence-electron chi connectivity index (χ4n) is 2.07. The van der Waals surface area contributed by atoms with Crippen molar-refractivity contribution in [3.05, 3.63) is 53.5 Å². The van der Waals surface area contributed by atoms with Crippen molar-refractivity contribution in [1.82, 2.24) is 4.98 Å². The van der Waals surface area contributed by atoms with Crippen LogP contribution in [0.15, 0.2) is 48.0 Å². The summed E-state index contributed by atoms with van der Waals surface area (Å²) in [5, 5.41) is 6.69. The summed E-state index contributed by atoms with van der Waals surface area (Å²) in [6.45, 7) is 0.811. The van der Waals surface area contributed by atoms with Crippen molar-refractivity contribution in [3.8, 4) is 0 Å². The van der Waals surface area contributed by atoms with E-state index in [1.165, 1.54) is 16.6 Å². The summed E-state index contributed by atoms with van der Waals surface area (Å²) in [5.41, 5.74) is 3.55. The topological polar surface area (TPSA) is 28.2 Å². The van der Waals surface area contributed by atoms with Crippen LogP contribution in [0.4, 0.5) is 11.4 Å². The van der Waals surface area contributed by atoms with Crippen LogP contribution in [0.5, 0.6) is 0 Å². The number of benzene rings is 1. The SMILES string of the molecule is CN(C)c1ccc(CNc2cnc3sccc3c2)cc1. The van der Waals surface area contributed by atoms with Crippen LogP contribution >= 0.6 is 11.3 Å². The maximum absolute atomic E-state index is 4.44. The van der Waals surface area contributed by atoms with Crippen molar-refractivity contribution in [1.29, 1.82) is 0 Å². The number of nitrogens with one attached hydrogen (secondary N) is 1. The molecule has 0 amide bonds. The Kier molecular flexibility index (Phi) is 3.56. The van der Waals surface area contributed by atoms with Crippen LogP contribution in [0, 0.1) is 0 Å². The molecule has 2 heterocycles. The monoisotopic (exact) mass is 283 g/mol. The first kappa shape index (κ1) is 12.9. The third-order valence-corrected chi connectivity index (χ3v) is 4.09. The minimum absolute atomic E-state index is 0.811.